The van der Waals surface area contributed by atoms with Crippen molar-refractivity contribution >= 4 is 0 Å². The number of unbranched alkanes of at least 4 members (excludes halogenated alkanes) is 1. The van der Waals surface area contributed by atoms with Gasteiger partial charge in [-0.25, -0.2) is 0 Å². The predicted molar refractivity (Wildman–Crippen MR) is 63.3 cm³/mol. The normalized spacial score (nSPS) is 21.4. The van der Waals surface area contributed by atoms with E-state index in [1.54, 1.807) is 0 Å². The lowest BCUT2D eigenvalue weighted by Gasteiger charge is -2.29. The van der Waals surface area contributed by atoms with E-state index in [0.29, 0.717) is 5.41 Å². The largest absolute Gasteiger partial charge is 0.326 e. The monoisotopic (exact) mass is 198 g/mol. The average molecular weight is 198 g/mol. The summed E-state index contributed by atoms with van der Waals surface area (Å²) in [6, 6.07) is 0. The molecule has 1 aliphatic heterocycles. The van der Waals surface area contributed by atoms with Gasteiger partial charge in [-0.05, 0) is 24.7 Å². The van der Waals surface area contributed by atoms with E-state index in [2.05, 4.69) is 27.8 Å². The van der Waals surface area contributed by atoms with Crippen LogP contribution in [0.15, 0.2) is 0 Å². The van der Waals surface area contributed by atoms with Crippen molar-refractivity contribution in [1.29, 1.82) is 0 Å². The van der Waals surface area contributed by atoms with Crippen molar-refractivity contribution in [3.63, 3.8) is 0 Å². The van der Waals surface area contributed by atoms with Crippen molar-refractivity contribution in [2.24, 2.45) is 5.41 Å². The van der Waals surface area contributed by atoms with Crippen molar-refractivity contribution < 1.29 is 4.48 Å². The smallest absolute Gasteiger partial charge is 0.0786 e. The minimum absolute atomic E-state index is 0.531. The highest BCUT2D eigenvalue weighted by atomic mass is 15.3. The van der Waals surface area contributed by atoms with Crippen molar-refractivity contribution in [2.45, 2.75) is 52.9 Å². The second kappa shape index (κ2) is 4.65. The predicted octanol–water partition coefficient (Wildman–Crippen LogP) is 3.44. The van der Waals surface area contributed by atoms with Gasteiger partial charge in [-0.2, -0.15) is 0 Å². The van der Waals surface area contributed by atoms with Gasteiger partial charge >= 0.3 is 0 Å². The topological polar surface area (TPSA) is 0 Å². The summed E-state index contributed by atoms with van der Waals surface area (Å²) >= 11 is 0. The molecule has 0 bridgehead atoms. The SMILES string of the molecule is CC(C)(C)CCCC[N+]1(C)CCCC1. The van der Waals surface area contributed by atoms with Gasteiger partial charge in [0.1, 0.15) is 0 Å². The standard InChI is InChI=1S/C13H28N/c1-13(2,3)9-5-6-10-14(4)11-7-8-12-14/h5-12H2,1-4H3/q+1. The summed E-state index contributed by atoms with van der Waals surface area (Å²) in [5, 5.41) is 0. The number of likely N-dealkylation sites (tertiary alicyclic amines) is 1. The van der Waals surface area contributed by atoms with Gasteiger partial charge in [-0.15, -0.1) is 0 Å². The van der Waals surface area contributed by atoms with Gasteiger partial charge in [0.25, 0.3) is 0 Å². The lowest BCUT2D eigenvalue weighted by molar-refractivity contribution is -0.897. The van der Waals surface area contributed by atoms with Gasteiger partial charge in [-0.3, -0.25) is 0 Å². The molecule has 14 heavy (non-hydrogen) atoms. The van der Waals surface area contributed by atoms with Gasteiger partial charge < -0.3 is 4.48 Å². The van der Waals surface area contributed by atoms with Crippen LogP contribution in [-0.2, 0) is 0 Å². The average Bonchev–Trinajstić information content (AvgIpc) is 2.45. The zero-order valence-corrected chi connectivity index (χ0v) is 10.6. The van der Waals surface area contributed by atoms with E-state index >= 15 is 0 Å². The van der Waals surface area contributed by atoms with Crippen molar-refractivity contribution in [3.8, 4) is 0 Å². The summed E-state index contributed by atoms with van der Waals surface area (Å²) in [7, 11) is 2.43. The number of quaternary nitrogens is 1. The second-order valence-corrected chi connectivity index (χ2v) is 6.52. The maximum atomic E-state index is 2.43. The first-order chi connectivity index (χ1) is 6.41. The molecule has 1 heteroatoms. The van der Waals surface area contributed by atoms with E-state index < -0.39 is 0 Å². The quantitative estimate of drug-likeness (QED) is 0.479. The van der Waals surface area contributed by atoms with Crippen LogP contribution in [0.25, 0.3) is 0 Å². The Morgan fingerprint density at radius 2 is 1.57 bits per heavy atom. The van der Waals surface area contributed by atoms with Gasteiger partial charge in [0.05, 0.1) is 26.7 Å². The zero-order chi connectivity index (χ0) is 10.7. The number of hydrogen-bond donors (Lipinski definition) is 0. The van der Waals surface area contributed by atoms with Crippen LogP contribution < -0.4 is 0 Å². The first-order valence-electron chi connectivity index (χ1n) is 6.25. The number of hydrogen-bond acceptors (Lipinski definition) is 0. The van der Waals surface area contributed by atoms with Crippen LogP contribution in [0.1, 0.15) is 52.9 Å². The van der Waals surface area contributed by atoms with Crippen LogP contribution in [0.4, 0.5) is 0 Å². The Bertz CT molecular complexity index is 161. The third-order valence-corrected chi connectivity index (χ3v) is 3.52. The second-order valence-electron chi connectivity index (χ2n) is 6.52. The summed E-state index contributed by atoms with van der Waals surface area (Å²) < 4.78 is 1.35. The maximum absolute atomic E-state index is 2.43. The summed E-state index contributed by atoms with van der Waals surface area (Å²) in [5.74, 6) is 0. The summed E-state index contributed by atoms with van der Waals surface area (Å²) in [6.07, 6.45) is 7.13. The van der Waals surface area contributed by atoms with E-state index in [1.165, 1.54) is 56.2 Å². The molecular weight excluding hydrogens is 170 g/mol. The van der Waals surface area contributed by atoms with Crippen molar-refractivity contribution in [2.75, 3.05) is 26.7 Å². The van der Waals surface area contributed by atoms with Crippen LogP contribution in [-0.4, -0.2) is 31.2 Å². The van der Waals surface area contributed by atoms with E-state index in [0.717, 1.165) is 0 Å². The molecule has 0 aromatic carbocycles. The van der Waals surface area contributed by atoms with Gasteiger partial charge in [0.2, 0.25) is 0 Å². The van der Waals surface area contributed by atoms with Gasteiger partial charge in [0, 0.05) is 12.8 Å². The molecule has 1 saturated heterocycles. The Morgan fingerprint density at radius 1 is 1.00 bits per heavy atom. The highest BCUT2D eigenvalue weighted by molar-refractivity contribution is 4.61. The molecule has 0 amide bonds. The van der Waals surface area contributed by atoms with E-state index in [4.69, 9.17) is 0 Å². The van der Waals surface area contributed by atoms with E-state index in [1.807, 2.05) is 0 Å². The third kappa shape index (κ3) is 4.45. The Morgan fingerprint density at radius 3 is 2.07 bits per heavy atom. The molecular formula is C13H28N+. The highest BCUT2D eigenvalue weighted by Gasteiger charge is 2.25. The number of rotatable bonds is 4. The van der Waals surface area contributed by atoms with E-state index in [-0.39, 0.29) is 0 Å². The summed E-state index contributed by atoms with van der Waals surface area (Å²) in [6.45, 7) is 11.3. The van der Waals surface area contributed by atoms with Gasteiger partial charge in [-0.1, -0.05) is 20.8 Å². The molecule has 0 aliphatic carbocycles. The molecule has 0 saturated carbocycles. The lowest BCUT2D eigenvalue weighted by Crippen LogP contribution is -2.41. The van der Waals surface area contributed by atoms with Gasteiger partial charge in [0.15, 0.2) is 0 Å². The summed E-state index contributed by atoms with van der Waals surface area (Å²) in [4.78, 5) is 0. The van der Waals surface area contributed by atoms with Crippen LogP contribution in [0.3, 0.4) is 0 Å². The maximum Gasteiger partial charge on any atom is 0.0786 e. The minimum Gasteiger partial charge on any atom is -0.326 e. The van der Waals surface area contributed by atoms with Crippen molar-refractivity contribution in [1.82, 2.24) is 0 Å². The molecule has 0 N–H and O–H groups in total. The molecule has 84 valence electrons. The molecule has 1 fully saturated rings. The fourth-order valence-electron chi connectivity index (χ4n) is 2.47. The minimum atomic E-state index is 0.531. The fraction of sp³-hybridized carbons (Fsp3) is 1.00. The Kier molecular flexibility index (Phi) is 4.00. The van der Waals surface area contributed by atoms with Crippen LogP contribution in [0, 0.1) is 5.41 Å². The van der Waals surface area contributed by atoms with Crippen LogP contribution in [0.5, 0.6) is 0 Å². The molecule has 0 unspecified atom stereocenters. The zero-order valence-electron chi connectivity index (χ0n) is 10.6. The molecule has 0 radical (unpaired) electrons. The van der Waals surface area contributed by atoms with Crippen molar-refractivity contribution in [3.05, 3.63) is 0 Å². The van der Waals surface area contributed by atoms with Crippen LogP contribution >= 0.6 is 0 Å². The molecule has 1 aliphatic rings. The summed E-state index contributed by atoms with van der Waals surface area (Å²) in [5.41, 5.74) is 0.531. The highest BCUT2D eigenvalue weighted by Crippen LogP contribution is 2.23. The molecule has 0 atom stereocenters. The Labute approximate surface area is 90.1 Å². The number of nitrogens with zero attached hydrogens (tertiary/aromatic N) is 1. The first kappa shape index (κ1) is 12.0. The molecule has 0 aromatic rings. The molecule has 1 rings (SSSR count). The Hall–Kier alpha value is -0.0400. The Balaban J connectivity index is 2.09. The molecule has 0 aromatic heterocycles. The lowest BCUT2D eigenvalue weighted by atomic mass is 9.90. The van der Waals surface area contributed by atoms with E-state index in [9.17, 15) is 0 Å². The first-order valence-corrected chi connectivity index (χ1v) is 6.25. The molecule has 0 spiro atoms. The van der Waals surface area contributed by atoms with Crippen LogP contribution in [0.2, 0.25) is 0 Å². The fourth-order valence-corrected chi connectivity index (χ4v) is 2.47. The molecule has 1 nitrogen and oxygen atoms in total. The third-order valence-electron chi connectivity index (χ3n) is 3.52. The molecule has 1 heterocycles.